The molecule has 0 saturated carbocycles. The van der Waals surface area contributed by atoms with E-state index in [-0.39, 0.29) is 11.8 Å². The van der Waals surface area contributed by atoms with E-state index in [1.54, 1.807) is 0 Å². The first-order chi connectivity index (χ1) is 8.27. The smallest absolute Gasteiger partial charge is 0.239 e. The Hall–Kier alpha value is -1.47. The van der Waals surface area contributed by atoms with Crippen LogP contribution in [0.1, 0.15) is 19.8 Å². The number of hydrogen-bond acceptors (Lipinski definition) is 6. The monoisotopic (exact) mass is 243 g/mol. The van der Waals surface area contributed by atoms with Crippen molar-refractivity contribution in [2.24, 2.45) is 5.84 Å². The van der Waals surface area contributed by atoms with Crippen LogP contribution >= 0.6 is 0 Å². The zero-order valence-electron chi connectivity index (χ0n) is 9.87. The lowest BCUT2D eigenvalue weighted by atomic mass is 10.4. The Balaban J connectivity index is 2.30. The summed E-state index contributed by atoms with van der Waals surface area (Å²) in [6.07, 6.45) is 3.19. The maximum absolute atomic E-state index is 13.2. The van der Waals surface area contributed by atoms with Gasteiger partial charge >= 0.3 is 0 Å². The fourth-order valence-corrected chi connectivity index (χ4v) is 1.15. The van der Waals surface area contributed by atoms with Gasteiger partial charge in [0.25, 0.3) is 0 Å². The van der Waals surface area contributed by atoms with E-state index < -0.39 is 5.82 Å². The molecule has 4 N–H and O–H groups in total. The fourth-order valence-electron chi connectivity index (χ4n) is 1.15. The molecule has 96 valence electrons. The number of aromatic nitrogens is 2. The minimum Gasteiger partial charge on any atom is -0.380 e. The quantitative estimate of drug-likeness (QED) is 0.360. The van der Waals surface area contributed by atoms with E-state index >= 15 is 0 Å². The Morgan fingerprint density at radius 1 is 1.47 bits per heavy atom. The second kappa shape index (κ2) is 7.75. The molecule has 1 aromatic heterocycles. The summed E-state index contributed by atoms with van der Waals surface area (Å²) in [6.45, 7) is 3.82. The van der Waals surface area contributed by atoms with Gasteiger partial charge in [0.05, 0.1) is 12.8 Å². The lowest BCUT2D eigenvalue weighted by molar-refractivity contribution is 0.141. The van der Waals surface area contributed by atoms with E-state index in [0.29, 0.717) is 13.2 Å². The summed E-state index contributed by atoms with van der Waals surface area (Å²) in [5, 5.41) is 2.82. The molecule has 1 rings (SSSR count). The van der Waals surface area contributed by atoms with Crippen LogP contribution in [0.15, 0.2) is 6.20 Å². The van der Waals surface area contributed by atoms with Gasteiger partial charge in [-0.05, 0) is 6.42 Å². The van der Waals surface area contributed by atoms with Crippen molar-refractivity contribution >= 4 is 11.8 Å². The van der Waals surface area contributed by atoms with Gasteiger partial charge in [0.1, 0.15) is 0 Å². The summed E-state index contributed by atoms with van der Waals surface area (Å²) in [6, 6.07) is 0. The van der Waals surface area contributed by atoms with Crippen molar-refractivity contribution in [3.8, 4) is 0 Å². The van der Waals surface area contributed by atoms with Crippen molar-refractivity contribution in [3.63, 3.8) is 0 Å². The highest BCUT2D eigenvalue weighted by Crippen LogP contribution is 2.10. The van der Waals surface area contributed by atoms with Gasteiger partial charge < -0.3 is 10.1 Å². The highest BCUT2D eigenvalue weighted by atomic mass is 19.1. The Bertz CT molecular complexity index is 336. The Morgan fingerprint density at radius 3 is 3.00 bits per heavy atom. The molecule has 1 heterocycles. The van der Waals surface area contributed by atoms with E-state index in [4.69, 9.17) is 10.6 Å². The van der Waals surface area contributed by atoms with Crippen molar-refractivity contribution in [3.05, 3.63) is 12.0 Å². The van der Waals surface area contributed by atoms with Gasteiger partial charge in [-0.15, -0.1) is 0 Å². The number of nitrogens with zero attached hydrogens (tertiary/aromatic N) is 2. The Morgan fingerprint density at radius 2 is 2.29 bits per heavy atom. The predicted octanol–water partition coefficient (Wildman–Crippen LogP) is 1.13. The molecule has 0 aliphatic carbocycles. The van der Waals surface area contributed by atoms with Gasteiger partial charge in [-0.1, -0.05) is 13.3 Å². The second-order valence-electron chi connectivity index (χ2n) is 3.43. The third kappa shape index (κ3) is 4.92. The lowest BCUT2D eigenvalue weighted by Gasteiger charge is -2.08. The molecule has 1 aromatic rings. The van der Waals surface area contributed by atoms with Gasteiger partial charge in [-0.2, -0.15) is 4.98 Å². The van der Waals surface area contributed by atoms with Crippen LogP contribution in [-0.4, -0.2) is 29.7 Å². The molecule has 0 saturated heterocycles. The van der Waals surface area contributed by atoms with Crippen LogP contribution in [0.3, 0.4) is 0 Å². The summed E-state index contributed by atoms with van der Waals surface area (Å²) >= 11 is 0. The van der Waals surface area contributed by atoms with Gasteiger partial charge in [0.2, 0.25) is 5.95 Å². The van der Waals surface area contributed by atoms with Crippen LogP contribution in [0.4, 0.5) is 16.2 Å². The van der Waals surface area contributed by atoms with E-state index in [0.717, 1.165) is 25.6 Å². The second-order valence-corrected chi connectivity index (χ2v) is 3.43. The average molecular weight is 243 g/mol. The number of anilines is 2. The number of nitrogen functional groups attached to an aromatic ring is 1. The summed E-state index contributed by atoms with van der Waals surface area (Å²) in [5.74, 6) is 4.90. The molecule has 0 aliphatic heterocycles. The van der Waals surface area contributed by atoms with Crippen LogP contribution in [-0.2, 0) is 4.74 Å². The number of rotatable bonds is 8. The van der Waals surface area contributed by atoms with Crippen molar-refractivity contribution < 1.29 is 9.13 Å². The molecule has 7 heteroatoms. The first-order valence-electron chi connectivity index (χ1n) is 5.58. The molecule has 0 aromatic carbocycles. The third-order valence-corrected chi connectivity index (χ3v) is 2.05. The summed E-state index contributed by atoms with van der Waals surface area (Å²) in [7, 11) is 0. The van der Waals surface area contributed by atoms with E-state index in [9.17, 15) is 4.39 Å². The molecule has 0 amide bonds. The van der Waals surface area contributed by atoms with E-state index in [1.807, 2.05) is 0 Å². The summed E-state index contributed by atoms with van der Waals surface area (Å²) in [4.78, 5) is 7.47. The van der Waals surface area contributed by atoms with Gasteiger partial charge in [-0.25, -0.2) is 15.2 Å². The molecule has 0 aliphatic rings. The molecule has 0 atom stereocenters. The molecule has 0 fully saturated rings. The molecular weight excluding hydrogens is 225 g/mol. The number of nitrogens with two attached hydrogens (primary N) is 1. The minimum atomic E-state index is -0.516. The van der Waals surface area contributed by atoms with Gasteiger partial charge in [0, 0.05) is 13.2 Å². The highest BCUT2D eigenvalue weighted by molar-refractivity contribution is 5.40. The number of halogens is 1. The Kier molecular flexibility index (Phi) is 6.19. The number of nitrogens with one attached hydrogen (secondary N) is 2. The highest BCUT2D eigenvalue weighted by Gasteiger charge is 2.05. The fraction of sp³-hybridized carbons (Fsp3) is 0.600. The molecule has 17 heavy (non-hydrogen) atoms. The maximum Gasteiger partial charge on any atom is 0.239 e. The van der Waals surface area contributed by atoms with E-state index in [1.165, 1.54) is 0 Å². The lowest BCUT2D eigenvalue weighted by Crippen LogP contribution is -2.15. The topological polar surface area (TPSA) is 85.1 Å². The molecule has 6 nitrogen and oxygen atoms in total. The van der Waals surface area contributed by atoms with Crippen LogP contribution in [0.2, 0.25) is 0 Å². The molecular formula is C10H18FN5O. The number of unbranched alkanes of at least 4 members (excludes halogenated alkanes) is 1. The van der Waals surface area contributed by atoms with E-state index in [2.05, 4.69) is 27.6 Å². The number of ether oxygens (including phenoxy) is 1. The number of hydrazine groups is 1. The average Bonchev–Trinajstić information content (AvgIpc) is 2.35. The van der Waals surface area contributed by atoms with Gasteiger partial charge in [0.15, 0.2) is 11.6 Å². The van der Waals surface area contributed by atoms with Crippen LogP contribution in [0, 0.1) is 5.82 Å². The SMILES string of the molecule is CCCCOCCNc1nc(NN)ncc1F. The van der Waals surface area contributed by atoms with Crippen molar-refractivity contribution in [2.75, 3.05) is 30.5 Å². The molecule has 0 spiro atoms. The first-order valence-corrected chi connectivity index (χ1v) is 5.58. The largest absolute Gasteiger partial charge is 0.380 e. The van der Waals surface area contributed by atoms with Crippen LogP contribution in [0.25, 0.3) is 0 Å². The predicted molar refractivity (Wildman–Crippen MR) is 64.0 cm³/mol. The van der Waals surface area contributed by atoms with Crippen molar-refractivity contribution in [1.82, 2.24) is 9.97 Å². The number of hydrogen-bond donors (Lipinski definition) is 3. The first kappa shape index (κ1) is 13.6. The van der Waals surface area contributed by atoms with Gasteiger partial charge in [-0.3, -0.25) is 5.43 Å². The molecule has 0 radical (unpaired) electrons. The minimum absolute atomic E-state index is 0.118. The third-order valence-electron chi connectivity index (χ3n) is 2.05. The summed E-state index contributed by atoms with van der Waals surface area (Å²) in [5.41, 5.74) is 2.25. The molecule has 0 unspecified atom stereocenters. The zero-order valence-corrected chi connectivity index (χ0v) is 9.87. The van der Waals surface area contributed by atoms with Crippen LogP contribution in [0.5, 0.6) is 0 Å². The normalized spacial score (nSPS) is 10.3. The standard InChI is InChI=1S/C10H18FN5O/c1-2-3-5-17-6-4-13-9-8(11)7-14-10(15-9)16-12/h7H,2-6,12H2,1H3,(H2,13,14,15,16). The van der Waals surface area contributed by atoms with Crippen LogP contribution < -0.4 is 16.6 Å². The summed E-state index contributed by atoms with van der Waals surface area (Å²) < 4.78 is 18.6. The van der Waals surface area contributed by atoms with Crippen molar-refractivity contribution in [2.45, 2.75) is 19.8 Å². The van der Waals surface area contributed by atoms with Crippen molar-refractivity contribution in [1.29, 1.82) is 0 Å². The zero-order chi connectivity index (χ0) is 12.5. The Labute approximate surface area is 99.7 Å². The maximum atomic E-state index is 13.2. The molecule has 0 bridgehead atoms.